The summed E-state index contributed by atoms with van der Waals surface area (Å²) in [7, 11) is 0. The summed E-state index contributed by atoms with van der Waals surface area (Å²) in [5.41, 5.74) is -0.125. The molecule has 0 spiro atoms. The van der Waals surface area contributed by atoms with Crippen LogP contribution in [0.2, 0.25) is 5.02 Å². The van der Waals surface area contributed by atoms with Crippen LogP contribution < -0.4 is 10.6 Å². The zero-order chi connectivity index (χ0) is 24.2. The number of amides is 2. The van der Waals surface area contributed by atoms with Gasteiger partial charge in [-0.05, 0) is 61.7 Å². The Balaban J connectivity index is 2.30. The van der Waals surface area contributed by atoms with E-state index in [1.807, 2.05) is 30.3 Å². The lowest BCUT2D eigenvalue weighted by atomic mass is 9.78. The highest BCUT2D eigenvalue weighted by molar-refractivity contribution is 6.30. The van der Waals surface area contributed by atoms with E-state index < -0.39 is 23.3 Å². The van der Waals surface area contributed by atoms with Gasteiger partial charge in [0.05, 0.1) is 16.3 Å². The Kier molecular flexibility index (Phi) is 7.32. The number of nitrogens with one attached hydrogen (secondary N) is 2. The second-order valence-corrected chi connectivity index (χ2v) is 8.65. The predicted molar refractivity (Wildman–Crippen MR) is 123 cm³/mol. The first-order valence-corrected chi connectivity index (χ1v) is 10.8. The summed E-state index contributed by atoms with van der Waals surface area (Å²) in [6, 6.07) is 15.3. The van der Waals surface area contributed by atoms with Crippen LogP contribution in [-0.2, 0) is 18.1 Å². The second kappa shape index (κ2) is 9.83. The molecular formula is C25H25ClF3N3O. The molecule has 3 rings (SSSR count). The van der Waals surface area contributed by atoms with Gasteiger partial charge in [-0.2, -0.15) is 13.2 Å². The quantitative estimate of drug-likeness (QED) is 0.442. The Hall–Kier alpha value is -3.06. The molecule has 1 atom stereocenters. The van der Waals surface area contributed by atoms with Gasteiger partial charge in [-0.25, -0.2) is 4.79 Å². The lowest BCUT2D eigenvalue weighted by molar-refractivity contribution is -0.137. The number of hydrogen-bond donors (Lipinski definition) is 2. The van der Waals surface area contributed by atoms with Crippen molar-refractivity contribution in [2.75, 3.05) is 0 Å². The lowest BCUT2D eigenvalue weighted by Crippen LogP contribution is -2.54. The molecule has 0 fully saturated rings. The van der Waals surface area contributed by atoms with Gasteiger partial charge in [0.15, 0.2) is 0 Å². The number of halogens is 4. The predicted octanol–water partition coefficient (Wildman–Crippen LogP) is 6.26. The number of carbonyl (C=O) groups is 1. The molecule has 1 unspecified atom stereocenters. The van der Waals surface area contributed by atoms with E-state index in [-0.39, 0.29) is 12.5 Å². The highest BCUT2D eigenvalue weighted by atomic mass is 35.5. The molecule has 0 saturated heterocycles. The van der Waals surface area contributed by atoms with Crippen molar-refractivity contribution in [3.63, 3.8) is 0 Å². The first-order valence-electron chi connectivity index (χ1n) is 10.4. The number of aromatic nitrogens is 1. The number of benzene rings is 2. The Labute approximate surface area is 196 Å². The van der Waals surface area contributed by atoms with Crippen molar-refractivity contribution in [1.82, 2.24) is 15.6 Å². The van der Waals surface area contributed by atoms with Gasteiger partial charge in [-0.1, -0.05) is 48.0 Å². The summed E-state index contributed by atoms with van der Waals surface area (Å²) in [5.74, 6) is 0. The molecule has 3 aromatic rings. The molecule has 174 valence electrons. The van der Waals surface area contributed by atoms with Crippen LogP contribution in [0.25, 0.3) is 0 Å². The van der Waals surface area contributed by atoms with Gasteiger partial charge in [-0.3, -0.25) is 4.98 Å². The average Bonchev–Trinajstić information content (AvgIpc) is 2.73. The van der Waals surface area contributed by atoms with Gasteiger partial charge >= 0.3 is 12.2 Å². The highest BCUT2D eigenvalue weighted by Gasteiger charge is 2.41. The van der Waals surface area contributed by atoms with E-state index in [1.54, 1.807) is 32.9 Å². The van der Waals surface area contributed by atoms with Crippen molar-refractivity contribution in [3.8, 4) is 0 Å². The molecule has 0 bridgehead atoms. The minimum Gasteiger partial charge on any atom is -0.336 e. The molecule has 33 heavy (non-hydrogen) atoms. The topological polar surface area (TPSA) is 54.0 Å². The molecule has 0 aliphatic heterocycles. The average molecular weight is 476 g/mol. The van der Waals surface area contributed by atoms with E-state index in [1.165, 1.54) is 12.3 Å². The molecule has 0 aliphatic carbocycles. The molecule has 8 heteroatoms. The van der Waals surface area contributed by atoms with Gasteiger partial charge in [0.2, 0.25) is 0 Å². The number of nitrogens with zero attached hydrogens (tertiary/aromatic N) is 1. The zero-order valence-electron chi connectivity index (χ0n) is 18.5. The molecular weight excluding hydrogens is 451 g/mol. The van der Waals surface area contributed by atoms with Gasteiger partial charge in [0.1, 0.15) is 5.54 Å². The number of pyridine rings is 1. The van der Waals surface area contributed by atoms with Crippen LogP contribution in [0.5, 0.6) is 0 Å². The summed E-state index contributed by atoms with van der Waals surface area (Å²) in [5, 5.41) is 6.11. The van der Waals surface area contributed by atoms with Gasteiger partial charge < -0.3 is 10.6 Å². The monoisotopic (exact) mass is 475 g/mol. The summed E-state index contributed by atoms with van der Waals surface area (Å²) < 4.78 is 41.0. The fourth-order valence-corrected chi connectivity index (χ4v) is 3.89. The van der Waals surface area contributed by atoms with Crippen LogP contribution in [0.1, 0.15) is 41.8 Å². The summed E-state index contributed by atoms with van der Waals surface area (Å²) in [6.07, 6.45) is -2.95. The fraction of sp³-hybridized carbons (Fsp3) is 0.280. The number of aryl methyl sites for hydroxylation is 1. The third kappa shape index (κ3) is 5.85. The van der Waals surface area contributed by atoms with Crippen molar-refractivity contribution < 1.29 is 18.0 Å². The van der Waals surface area contributed by atoms with Crippen LogP contribution in [0.4, 0.5) is 18.0 Å². The number of alkyl halides is 3. The van der Waals surface area contributed by atoms with Crippen LogP contribution in [-0.4, -0.2) is 17.1 Å². The molecule has 4 nitrogen and oxygen atoms in total. The minimum atomic E-state index is -4.55. The number of carbonyl (C=O) groups excluding carboxylic acids is 1. The van der Waals surface area contributed by atoms with E-state index >= 15 is 0 Å². The van der Waals surface area contributed by atoms with Crippen LogP contribution in [0.15, 0.2) is 66.9 Å². The van der Waals surface area contributed by atoms with Gasteiger partial charge in [0, 0.05) is 18.7 Å². The van der Waals surface area contributed by atoms with E-state index in [4.69, 9.17) is 11.6 Å². The third-order valence-corrected chi connectivity index (χ3v) is 5.47. The maximum absolute atomic E-state index is 13.7. The van der Waals surface area contributed by atoms with Crippen molar-refractivity contribution in [3.05, 3.63) is 99.8 Å². The maximum Gasteiger partial charge on any atom is 0.416 e. The largest absolute Gasteiger partial charge is 0.416 e. The molecule has 1 aromatic heterocycles. The fourth-order valence-electron chi connectivity index (χ4n) is 3.78. The lowest BCUT2D eigenvalue weighted by Gasteiger charge is -2.37. The van der Waals surface area contributed by atoms with Crippen molar-refractivity contribution in [1.29, 1.82) is 0 Å². The summed E-state index contributed by atoms with van der Waals surface area (Å²) in [4.78, 5) is 17.4. The van der Waals surface area contributed by atoms with E-state index in [9.17, 15) is 18.0 Å². The number of hydrogen-bond acceptors (Lipinski definition) is 2. The molecule has 0 saturated carbocycles. The SMILES string of the molecule is Cc1ccc(C(F)(F)F)cc1C(Cc1ccccc1)(NC(=O)NC(C)C)c1ccc(Cl)cn1. The summed E-state index contributed by atoms with van der Waals surface area (Å²) >= 11 is 6.05. The molecule has 1 heterocycles. The van der Waals surface area contributed by atoms with E-state index in [0.29, 0.717) is 21.8 Å². The zero-order valence-corrected chi connectivity index (χ0v) is 19.3. The number of rotatable bonds is 6. The Morgan fingerprint density at radius 1 is 1.06 bits per heavy atom. The normalized spacial score (nSPS) is 13.5. The molecule has 0 radical (unpaired) electrons. The van der Waals surface area contributed by atoms with Crippen molar-refractivity contribution in [2.45, 2.75) is 44.9 Å². The molecule has 2 aromatic carbocycles. The smallest absolute Gasteiger partial charge is 0.336 e. The summed E-state index contributed by atoms with van der Waals surface area (Å²) in [6.45, 7) is 5.32. The van der Waals surface area contributed by atoms with Crippen LogP contribution in [0.3, 0.4) is 0 Å². The van der Waals surface area contributed by atoms with Crippen LogP contribution in [0, 0.1) is 6.92 Å². The number of urea groups is 1. The maximum atomic E-state index is 13.7. The first kappa shape index (κ1) is 24.6. The standard InChI is InChI=1S/C25H25ClF3N3O/c1-16(2)31-23(33)32-24(14-18-7-5-4-6-8-18,22-12-11-20(26)15-30-22)21-13-19(25(27,28)29)10-9-17(21)3/h4-13,15-16H,14H2,1-3H3,(H2,31,32,33). The van der Waals surface area contributed by atoms with Gasteiger partial charge in [0.25, 0.3) is 0 Å². The van der Waals surface area contributed by atoms with E-state index in [2.05, 4.69) is 15.6 Å². The van der Waals surface area contributed by atoms with Gasteiger partial charge in [-0.15, -0.1) is 0 Å². The second-order valence-electron chi connectivity index (χ2n) is 8.21. The molecule has 2 amide bonds. The third-order valence-electron chi connectivity index (χ3n) is 5.25. The highest BCUT2D eigenvalue weighted by Crippen LogP contribution is 2.38. The van der Waals surface area contributed by atoms with Crippen molar-refractivity contribution >= 4 is 17.6 Å². The Morgan fingerprint density at radius 2 is 1.76 bits per heavy atom. The Morgan fingerprint density at radius 3 is 2.33 bits per heavy atom. The molecule has 2 N–H and O–H groups in total. The minimum absolute atomic E-state index is 0.177. The van der Waals surface area contributed by atoms with E-state index in [0.717, 1.165) is 17.7 Å². The molecule has 0 aliphatic rings. The Bertz CT molecular complexity index is 1100. The van der Waals surface area contributed by atoms with Crippen molar-refractivity contribution in [2.24, 2.45) is 0 Å². The first-order chi connectivity index (χ1) is 15.5. The van der Waals surface area contributed by atoms with Crippen LogP contribution >= 0.6 is 11.6 Å².